The van der Waals surface area contributed by atoms with Crippen molar-refractivity contribution in [2.45, 2.75) is 105 Å². The lowest BCUT2D eigenvalue weighted by Crippen LogP contribution is -2.40. The maximum Gasteiger partial charge on any atom is 0.191 e. The maximum absolute atomic E-state index is 10.9. The van der Waals surface area contributed by atoms with Crippen LogP contribution in [0.5, 0.6) is 0 Å². The summed E-state index contributed by atoms with van der Waals surface area (Å²) < 4.78 is 6.28. The van der Waals surface area contributed by atoms with Crippen LogP contribution in [0.25, 0.3) is 0 Å². The molecule has 1 fully saturated rings. The number of aliphatic hydroxyl groups excluding tert-OH is 1. The van der Waals surface area contributed by atoms with E-state index in [-0.39, 0.29) is 11.1 Å². The molecule has 4 atom stereocenters. The predicted molar refractivity (Wildman–Crippen MR) is 117 cm³/mol. The van der Waals surface area contributed by atoms with Crippen LogP contribution in [0.3, 0.4) is 0 Å². The van der Waals surface area contributed by atoms with Crippen molar-refractivity contribution >= 4 is 8.32 Å². The summed E-state index contributed by atoms with van der Waals surface area (Å²) in [5.41, 5.74) is 1.32. The van der Waals surface area contributed by atoms with Crippen molar-refractivity contribution in [2.75, 3.05) is 6.61 Å². The Bertz CT molecular complexity index is 448. The van der Waals surface area contributed by atoms with Crippen molar-refractivity contribution < 1.29 is 9.53 Å². The number of allylic oxidation sites excluding steroid dienone is 1. The van der Waals surface area contributed by atoms with Crippen LogP contribution < -0.4 is 0 Å². The summed E-state index contributed by atoms with van der Waals surface area (Å²) in [5, 5.41) is 11.1. The number of hydrogen-bond donors (Lipinski definition) is 1. The summed E-state index contributed by atoms with van der Waals surface area (Å²) in [6.07, 6.45) is 7.70. The van der Waals surface area contributed by atoms with Crippen molar-refractivity contribution in [3.05, 3.63) is 11.6 Å². The molecule has 0 aliphatic heterocycles. The van der Waals surface area contributed by atoms with Gasteiger partial charge in [-0.1, -0.05) is 59.6 Å². The van der Waals surface area contributed by atoms with Crippen molar-refractivity contribution in [1.82, 2.24) is 0 Å². The Morgan fingerprint density at radius 1 is 1.19 bits per heavy atom. The van der Waals surface area contributed by atoms with E-state index in [4.69, 9.17) is 4.43 Å². The Hall–Kier alpha value is -0.123. The average molecular weight is 383 g/mol. The van der Waals surface area contributed by atoms with E-state index >= 15 is 0 Å². The lowest BCUT2D eigenvalue weighted by molar-refractivity contribution is 0.0422. The highest BCUT2D eigenvalue weighted by Crippen LogP contribution is 2.40. The van der Waals surface area contributed by atoms with Gasteiger partial charge in [-0.2, -0.15) is 0 Å². The number of aliphatic hydroxyl groups is 1. The molecule has 2 nitrogen and oxygen atoms in total. The van der Waals surface area contributed by atoms with Crippen LogP contribution in [0.4, 0.5) is 0 Å². The molecule has 0 bridgehead atoms. The maximum atomic E-state index is 10.9. The topological polar surface area (TPSA) is 29.5 Å². The van der Waals surface area contributed by atoms with Gasteiger partial charge in [0.15, 0.2) is 8.32 Å². The van der Waals surface area contributed by atoms with Crippen LogP contribution in [0.1, 0.15) is 80.6 Å². The summed E-state index contributed by atoms with van der Waals surface area (Å²) in [5.74, 6) is 2.49. The molecule has 0 heterocycles. The van der Waals surface area contributed by atoms with E-state index in [1.54, 1.807) is 0 Å². The van der Waals surface area contributed by atoms with E-state index < -0.39 is 8.32 Å². The van der Waals surface area contributed by atoms with Gasteiger partial charge in [0.2, 0.25) is 0 Å². The molecular weight excluding hydrogens is 336 g/mol. The molecule has 1 rings (SSSR count). The Labute approximate surface area is 164 Å². The van der Waals surface area contributed by atoms with E-state index in [9.17, 15) is 5.11 Å². The quantitative estimate of drug-likeness (QED) is 0.284. The molecule has 26 heavy (non-hydrogen) atoms. The van der Waals surface area contributed by atoms with Crippen molar-refractivity contribution in [3.63, 3.8) is 0 Å². The summed E-state index contributed by atoms with van der Waals surface area (Å²) in [6, 6.07) is 0. The fraction of sp³-hybridized carbons (Fsp3) is 0.913. The van der Waals surface area contributed by atoms with Crippen LogP contribution in [0.2, 0.25) is 18.1 Å². The van der Waals surface area contributed by atoms with Gasteiger partial charge < -0.3 is 9.53 Å². The fourth-order valence-electron chi connectivity index (χ4n) is 4.06. The highest BCUT2D eigenvalue weighted by atomic mass is 28.4. The van der Waals surface area contributed by atoms with E-state index in [1.807, 2.05) is 0 Å². The van der Waals surface area contributed by atoms with Gasteiger partial charge in [-0.15, -0.1) is 0 Å². The largest absolute Gasteiger partial charge is 0.417 e. The van der Waals surface area contributed by atoms with Crippen molar-refractivity contribution in [1.29, 1.82) is 0 Å². The molecular formula is C23H46O2Si. The first-order valence-electron chi connectivity index (χ1n) is 10.8. The summed E-state index contributed by atoms with van der Waals surface area (Å²) in [6.45, 7) is 21.5. The Kier molecular flexibility index (Phi) is 9.09. The first kappa shape index (κ1) is 23.9. The Balaban J connectivity index is 2.52. The molecule has 3 heteroatoms. The minimum absolute atomic E-state index is 0.275. The highest BCUT2D eigenvalue weighted by Gasteiger charge is 2.37. The zero-order valence-electron chi connectivity index (χ0n) is 19.1. The second-order valence-electron chi connectivity index (χ2n) is 10.7. The summed E-state index contributed by atoms with van der Waals surface area (Å²) in [7, 11) is -1.63. The molecule has 0 radical (unpaired) electrons. The lowest BCUT2D eigenvalue weighted by atomic mass is 9.68. The highest BCUT2D eigenvalue weighted by molar-refractivity contribution is 6.74. The molecule has 0 amide bonds. The number of hydrogen-bond acceptors (Lipinski definition) is 2. The SMILES string of the molecule is C/C(=C\[C@@H](O)[C@@H]1C[C@H](C)CC[C@H]1C(C)C)CCCO[Si](C)(C)C(C)(C)C. The van der Waals surface area contributed by atoms with Crippen molar-refractivity contribution in [3.8, 4) is 0 Å². The van der Waals surface area contributed by atoms with Gasteiger partial charge in [0, 0.05) is 6.61 Å². The van der Waals surface area contributed by atoms with Crippen molar-refractivity contribution in [2.24, 2.45) is 23.7 Å². The second-order valence-corrected chi connectivity index (χ2v) is 15.5. The monoisotopic (exact) mass is 382 g/mol. The fourth-order valence-corrected chi connectivity index (χ4v) is 5.15. The van der Waals surface area contributed by atoms with E-state index in [0.717, 1.165) is 25.4 Å². The standard InChI is InChI=1S/C23H46O2Si/c1-17(2)20-13-12-19(4)15-21(20)22(24)16-18(3)11-10-14-25-26(8,9)23(5,6)7/h16-17,19-22,24H,10-15H2,1-9H3/b18-16+/t19-,20+,21-,22-/m1/s1. The molecule has 1 saturated carbocycles. The molecule has 0 saturated heterocycles. The minimum Gasteiger partial charge on any atom is -0.417 e. The Morgan fingerprint density at radius 3 is 2.35 bits per heavy atom. The van der Waals surface area contributed by atoms with Crippen LogP contribution in [0, 0.1) is 23.7 Å². The zero-order chi connectivity index (χ0) is 20.1. The third kappa shape index (κ3) is 7.13. The molecule has 1 aliphatic rings. The van der Waals surface area contributed by atoms with Crippen LogP contribution >= 0.6 is 0 Å². The predicted octanol–water partition coefficient (Wildman–Crippen LogP) is 6.80. The van der Waals surface area contributed by atoms with Crippen LogP contribution in [-0.2, 0) is 4.43 Å². The number of rotatable bonds is 8. The van der Waals surface area contributed by atoms with Crippen LogP contribution in [0.15, 0.2) is 11.6 Å². The van der Waals surface area contributed by atoms with E-state index in [1.165, 1.54) is 24.8 Å². The molecule has 0 unspecified atom stereocenters. The third-order valence-corrected chi connectivity index (χ3v) is 11.5. The molecule has 0 spiro atoms. The first-order chi connectivity index (χ1) is 11.8. The molecule has 1 N–H and O–H groups in total. The molecule has 0 aromatic carbocycles. The average Bonchev–Trinajstić information content (AvgIpc) is 2.50. The van der Waals surface area contributed by atoms with Gasteiger partial charge in [-0.25, -0.2) is 0 Å². The summed E-state index contributed by atoms with van der Waals surface area (Å²) >= 11 is 0. The molecule has 154 valence electrons. The molecule has 0 aromatic heterocycles. The van der Waals surface area contributed by atoms with E-state index in [2.05, 4.69) is 67.6 Å². The second kappa shape index (κ2) is 9.89. The van der Waals surface area contributed by atoms with Gasteiger partial charge >= 0.3 is 0 Å². The normalized spacial score (nSPS) is 27.0. The van der Waals surface area contributed by atoms with E-state index in [0.29, 0.717) is 17.8 Å². The van der Waals surface area contributed by atoms with Gasteiger partial charge in [-0.05, 0) is 74.4 Å². The van der Waals surface area contributed by atoms with Gasteiger partial charge in [0.05, 0.1) is 6.10 Å². The molecule has 0 aromatic rings. The smallest absolute Gasteiger partial charge is 0.191 e. The molecule has 1 aliphatic carbocycles. The van der Waals surface area contributed by atoms with Gasteiger partial charge in [0.25, 0.3) is 0 Å². The Morgan fingerprint density at radius 2 is 1.81 bits per heavy atom. The van der Waals surface area contributed by atoms with Gasteiger partial charge in [0.1, 0.15) is 0 Å². The third-order valence-electron chi connectivity index (χ3n) is 6.95. The summed E-state index contributed by atoms with van der Waals surface area (Å²) in [4.78, 5) is 0. The lowest BCUT2D eigenvalue weighted by Gasteiger charge is -2.39. The van der Waals surface area contributed by atoms with Gasteiger partial charge in [-0.3, -0.25) is 0 Å². The minimum atomic E-state index is -1.63. The first-order valence-corrected chi connectivity index (χ1v) is 13.7. The zero-order valence-corrected chi connectivity index (χ0v) is 20.1. The van der Waals surface area contributed by atoms with Crippen LogP contribution in [-0.4, -0.2) is 26.1 Å².